The first kappa shape index (κ1) is 27.2. The molecule has 0 saturated carbocycles. The van der Waals surface area contributed by atoms with Crippen molar-refractivity contribution in [1.82, 2.24) is 19.9 Å². The molecule has 1 aromatic heterocycles. The van der Waals surface area contributed by atoms with Gasteiger partial charge in [-0.3, -0.25) is 23.7 Å². The number of halogens is 4. The third-order valence-electron chi connectivity index (χ3n) is 3.95. The number of hydrogen-bond donors (Lipinski definition) is 4. The van der Waals surface area contributed by atoms with Gasteiger partial charge in [0.05, 0.1) is 6.04 Å². The Hall–Kier alpha value is -3.03. The molecule has 1 fully saturated rings. The highest BCUT2D eigenvalue weighted by atomic mass is 35.5. The Morgan fingerprint density at radius 3 is 2.56 bits per heavy atom. The third kappa shape index (κ3) is 6.30. The van der Waals surface area contributed by atoms with E-state index < -0.39 is 64.4 Å². The topological polar surface area (TPSA) is 196 Å². The number of thiazole rings is 1. The number of β-lactam (4-membered cyclic amide) rings is 1. The Bertz CT molecular complexity index is 1120. The van der Waals surface area contributed by atoms with Crippen LogP contribution in [0.5, 0.6) is 0 Å². The smallest absolute Gasteiger partial charge is 0.398 e. The Kier molecular flexibility index (Phi) is 8.40. The number of carbonyl (C=O) groups excluding carboxylic acids is 4. The van der Waals surface area contributed by atoms with Crippen LogP contribution in [0, 0.1) is 0 Å². The van der Waals surface area contributed by atoms with Gasteiger partial charge in [0, 0.05) is 11.9 Å². The van der Waals surface area contributed by atoms with Gasteiger partial charge in [-0.2, -0.15) is 21.6 Å². The molecule has 0 bridgehead atoms. The minimum Gasteiger partial charge on any atom is -0.398 e. The van der Waals surface area contributed by atoms with E-state index in [4.69, 9.17) is 16.2 Å². The van der Waals surface area contributed by atoms with Crippen LogP contribution in [0.3, 0.4) is 0 Å². The van der Waals surface area contributed by atoms with Crippen LogP contribution in [0.15, 0.2) is 10.5 Å². The average Bonchev–Trinajstić information content (AvgIpc) is 3.18. The van der Waals surface area contributed by atoms with Crippen LogP contribution < -0.4 is 16.0 Å². The van der Waals surface area contributed by atoms with Crippen molar-refractivity contribution in [2.75, 3.05) is 24.9 Å². The van der Waals surface area contributed by atoms with Crippen molar-refractivity contribution >= 4 is 67.7 Å². The predicted molar refractivity (Wildman–Crippen MR) is 108 cm³/mol. The van der Waals surface area contributed by atoms with Crippen LogP contribution in [0.4, 0.5) is 18.3 Å². The molecule has 2 rings (SSSR count). The maximum Gasteiger partial charge on any atom is 0.471 e. The van der Waals surface area contributed by atoms with Gasteiger partial charge in [-0.05, 0) is 0 Å². The van der Waals surface area contributed by atoms with Gasteiger partial charge >= 0.3 is 22.4 Å². The lowest BCUT2D eigenvalue weighted by Crippen LogP contribution is -2.74. The van der Waals surface area contributed by atoms with Crippen LogP contribution >= 0.6 is 22.9 Å². The first-order valence-corrected chi connectivity index (χ1v) is 11.4. The van der Waals surface area contributed by atoms with Crippen molar-refractivity contribution in [1.29, 1.82) is 0 Å². The van der Waals surface area contributed by atoms with E-state index in [-0.39, 0.29) is 21.0 Å². The quantitative estimate of drug-likeness (QED) is 0.0964. The third-order valence-corrected chi connectivity index (χ3v) is 5.89. The SMILES string of the molecule is CON=C(C(=O)N[C@@H]1C(=O)N(S(=O)(=O)O)[C@@H]1CNC(=O)C(F)(F)F)c1csc(NC(=O)CCl)n1. The van der Waals surface area contributed by atoms with Crippen molar-refractivity contribution in [3.63, 3.8) is 0 Å². The fraction of sp³-hybridized carbons (Fsp3) is 0.429. The summed E-state index contributed by atoms with van der Waals surface area (Å²) in [5, 5.41) is 10.4. The van der Waals surface area contributed by atoms with Crippen LogP contribution in [-0.4, -0.2) is 89.4 Å². The molecule has 14 nitrogen and oxygen atoms in total. The summed E-state index contributed by atoms with van der Waals surface area (Å²) in [6, 6.07) is -3.57. The molecule has 0 unspecified atom stereocenters. The van der Waals surface area contributed by atoms with Gasteiger partial charge in [-0.25, -0.2) is 9.29 Å². The van der Waals surface area contributed by atoms with Crippen molar-refractivity contribution in [3.8, 4) is 0 Å². The molecule has 1 aliphatic rings. The van der Waals surface area contributed by atoms with Crippen LogP contribution in [0.1, 0.15) is 5.69 Å². The van der Waals surface area contributed by atoms with Crippen molar-refractivity contribution in [2.24, 2.45) is 5.16 Å². The molecular formula is C14H14ClF3N6O8S2. The lowest BCUT2D eigenvalue weighted by Gasteiger charge is -2.44. The van der Waals surface area contributed by atoms with E-state index in [1.807, 2.05) is 5.32 Å². The summed E-state index contributed by atoms with van der Waals surface area (Å²) < 4.78 is 69.0. The molecule has 1 aliphatic heterocycles. The highest BCUT2D eigenvalue weighted by Crippen LogP contribution is 2.24. The number of nitrogens with one attached hydrogen (secondary N) is 3. The summed E-state index contributed by atoms with van der Waals surface area (Å²) in [6.07, 6.45) is -5.31. The summed E-state index contributed by atoms with van der Waals surface area (Å²) in [5.41, 5.74) is -0.712. The number of aromatic nitrogens is 1. The molecule has 20 heteroatoms. The highest BCUT2D eigenvalue weighted by Gasteiger charge is 2.54. The predicted octanol–water partition coefficient (Wildman–Crippen LogP) is -1.15. The molecule has 0 spiro atoms. The van der Waals surface area contributed by atoms with Gasteiger partial charge in [-0.1, -0.05) is 5.16 Å². The maximum absolute atomic E-state index is 12.7. The summed E-state index contributed by atoms with van der Waals surface area (Å²) in [6.45, 7) is -1.09. The first-order chi connectivity index (χ1) is 15.7. The zero-order valence-corrected chi connectivity index (χ0v) is 19.0. The molecule has 34 heavy (non-hydrogen) atoms. The molecule has 0 aliphatic carbocycles. The summed E-state index contributed by atoms with van der Waals surface area (Å²) >= 11 is 6.23. The number of anilines is 1. The highest BCUT2D eigenvalue weighted by molar-refractivity contribution is 7.84. The van der Waals surface area contributed by atoms with Crippen molar-refractivity contribution < 1.29 is 50.2 Å². The second kappa shape index (κ2) is 10.5. The summed E-state index contributed by atoms with van der Waals surface area (Å²) in [7, 11) is -4.17. The summed E-state index contributed by atoms with van der Waals surface area (Å²) in [4.78, 5) is 55.6. The molecule has 0 radical (unpaired) electrons. The largest absolute Gasteiger partial charge is 0.471 e. The van der Waals surface area contributed by atoms with Crippen LogP contribution in [0.25, 0.3) is 0 Å². The Morgan fingerprint density at radius 2 is 2.03 bits per heavy atom. The minimum atomic E-state index is -5.31. The van der Waals surface area contributed by atoms with Crippen molar-refractivity contribution in [2.45, 2.75) is 18.3 Å². The van der Waals surface area contributed by atoms with Gasteiger partial charge in [-0.15, -0.1) is 22.9 Å². The van der Waals surface area contributed by atoms with Gasteiger partial charge < -0.3 is 20.8 Å². The number of alkyl halides is 4. The minimum absolute atomic E-state index is 0.0160. The Labute approximate surface area is 197 Å². The normalized spacial score (nSPS) is 18.7. The fourth-order valence-corrected chi connectivity index (χ4v) is 4.21. The number of hydrogen-bond acceptors (Lipinski definition) is 10. The van der Waals surface area contributed by atoms with Gasteiger partial charge in [0.2, 0.25) is 5.91 Å². The van der Waals surface area contributed by atoms with Gasteiger partial charge in [0.25, 0.3) is 11.8 Å². The number of rotatable bonds is 9. The van der Waals surface area contributed by atoms with E-state index in [1.165, 1.54) is 10.7 Å². The monoisotopic (exact) mass is 550 g/mol. The Morgan fingerprint density at radius 1 is 1.38 bits per heavy atom. The zero-order valence-electron chi connectivity index (χ0n) is 16.6. The molecule has 1 saturated heterocycles. The van der Waals surface area contributed by atoms with Gasteiger partial charge in [0.15, 0.2) is 10.8 Å². The number of nitrogens with zero attached hydrogens (tertiary/aromatic N) is 3. The van der Waals surface area contributed by atoms with Crippen LogP contribution in [0.2, 0.25) is 0 Å². The number of carbonyl (C=O) groups is 4. The van der Waals surface area contributed by atoms with E-state index in [0.717, 1.165) is 18.4 Å². The average molecular weight is 551 g/mol. The van der Waals surface area contributed by atoms with E-state index in [1.54, 1.807) is 0 Å². The van der Waals surface area contributed by atoms with E-state index in [0.29, 0.717) is 0 Å². The zero-order chi connectivity index (χ0) is 25.8. The fourth-order valence-electron chi connectivity index (χ4n) is 2.56. The molecule has 188 valence electrons. The van der Waals surface area contributed by atoms with Crippen molar-refractivity contribution in [3.05, 3.63) is 11.1 Å². The second-order valence-electron chi connectivity index (χ2n) is 6.18. The standard InChI is InChI=1S/C14H14ClF3N6O8S2/c1-32-23-8(5-4-33-13(20-5)21-7(25)2-15)10(26)22-9-6(3-19-12(28)14(16,17)18)24(11(9)27)34(29,30)31/h4,6,9H,2-3H2,1H3,(H,19,28)(H,22,26)(H,20,21,25)(H,29,30,31)/t6-,9+/m1/s1. The lowest BCUT2D eigenvalue weighted by atomic mass is 9.98. The van der Waals surface area contributed by atoms with E-state index >= 15 is 0 Å². The lowest BCUT2D eigenvalue weighted by molar-refractivity contribution is -0.174. The first-order valence-electron chi connectivity index (χ1n) is 8.60. The summed E-state index contributed by atoms with van der Waals surface area (Å²) in [5.74, 6) is -6.00. The molecule has 1 aromatic rings. The maximum atomic E-state index is 12.7. The van der Waals surface area contributed by atoms with Gasteiger partial charge in [0.1, 0.15) is 24.7 Å². The molecular weight excluding hydrogens is 537 g/mol. The molecule has 2 heterocycles. The number of amides is 4. The molecule has 4 amide bonds. The molecule has 0 aromatic carbocycles. The molecule has 4 N–H and O–H groups in total. The van der Waals surface area contributed by atoms with E-state index in [9.17, 15) is 40.8 Å². The number of oxime groups is 1. The molecule has 2 atom stereocenters. The second-order valence-corrected chi connectivity index (χ2v) is 8.59. The Balaban J connectivity index is 2.22. The van der Waals surface area contributed by atoms with Crippen LogP contribution in [-0.2, 0) is 34.3 Å². The van der Waals surface area contributed by atoms with E-state index in [2.05, 4.69) is 20.3 Å².